The van der Waals surface area contributed by atoms with Gasteiger partial charge in [-0.25, -0.2) is 23.7 Å². The van der Waals surface area contributed by atoms with Gasteiger partial charge in [-0.3, -0.25) is 0 Å². The minimum atomic E-state index is -4.41. The summed E-state index contributed by atoms with van der Waals surface area (Å²) in [7, 11) is 0. The lowest BCUT2D eigenvalue weighted by atomic mass is 10.1. The predicted molar refractivity (Wildman–Crippen MR) is 98.8 cm³/mol. The molecule has 154 valence electrons. The molecule has 29 heavy (non-hydrogen) atoms. The first kappa shape index (κ1) is 19.9. The van der Waals surface area contributed by atoms with Gasteiger partial charge in [0.05, 0.1) is 12.4 Å². The first-order valence-corrected chi connectivity index (χ1v) is 9.89. The van der Waals surface area contributed by atoms with E-state index in [0.29, 0.717) is 28.8 Å². The minimum absolute atomic E-state index is 0.0989. The number of aromatic nitrogens is 4. The van der Waals surface area contributed by atoms with E-state index in [4.69, 9.17) is 0 Å². The zero-order valence-corrected chi connectivity index (χ0v) is 16.1. The Morgan fingerprint density at radius 2 is 1.97 bits per heavy atom. The van der Waals surface area contributed by atoms with Crippen molar-refractivity contribution in [3.05, 3.63) is 41.7 Å². The van der Waals surface area contributed by atoms with Gasteiger partial charge in [0, 0.05) is 12.3 Å². The van der Waals surface area contributed by atoms with Gasteiger partial charge >= 0.3 is 6.18 Å². The van der Waals surface area contributed by atoms with Crippen LogP contribution >= 0.6 is 11.8 Å². The molecule has 1 aliphatic rings. The third kappa shape index (κ3) is 4.14. The number of anilines is 1. The zero-order chi connectivity index (χ0) is 20.8. The first-order chi connectivity index (χ1) is 13.8. The maximum atomic E-state index is 13.6. The van der Waals surface area contributed by atoms with Gasteiger partial charge in [-0.2, -0.15) is 13.2 Å². The van der Waals surface area contributed by atoms with Crippen LogP contribution in [0, 0.1) is 11.6 Å². The minimum Gasteiger partial charge on any atom is -0.343 e. The Labute approximate surface area is 167 Å². The highest BCUT2D eigenvalue weighted by molar-refractivity contribution is 7.99. The highest BCUT2D eigenvalue weighted by Crippen LogP contribution is 2.42. The molecule has 11 heteroatoms. The normalized spacial score (nSPS) is 16.6. The topological polar surface area (TPSA) is 46.6 Å². The molecule has 0 radical (unpaired) electrons. The van der Waals surface area contributed by atoms with Crippen molar-refractivity contribution in [3.63, 3.8) is 0 Å². The summed E-state index contributed by atoms with van der Waals surface area (Å²) < 4.78 is 66.4. The average Bonchev–Trinajstić information content (AvgIpc) is 3.36. The van der Waals surface area contributed by atoms with Crippen molar-refractivity contribution in [2.45, 2.75) is 37.3 Å². The molecule has 1 atom stereocenters. The van der Waals surface area contributed by atoms with E-state index in [2.05, 4.69) is 15.0 Å². The molecule has 2 aromatic heterocycles. The molecular formula is C18H16F5N5S. The standard InChI is InChI=1S/C18H16F5N5S/c1-2-5-29-17-25-15-14(24-9-27(15)8-18(21,22)23)16(26-17)28-7-13(28)10-3-4-11(19)12(20)6-10/h3-4,6,9,13H,2,5,7-8H2,1H3. The molecule has 3 aromatic rings. The third-order valence-corrected chi connectivity index (χ3v) is 5.48. The van der Waals surface area contributed by atoms with Crippen molar-refractivity contribution in [1.82, 2.24) is 19.5 Å². The number of imidazole rings is 1. The maximum absolute atomic E-state index is 13.6. The molecule has 5 nitrogen and oxygen atoms in total. The molecule has 0 amide bonds. The van der Waals surface area contributed by atoms with Crippen LogP contribution in [0.5, 0.6) is 0 Å². The van der Waals surface area contributed by atoms with Crippen molar-refractivity contribution < 1.29 is 22.0 Å². The predicted octanol–water partition coefficient (Wildman–Crippen LogP) is 4.73. The molecule has 0 saturated carbocycles. The Kier molecular flexibility index (Phi) is 5.09. The van der Waals surface area contributed by atoms with Gasteiger partial charge < -0.3 is 9.47 Å². The molecule has 1 fully saturated rings. The Morgan fingerprint density at radius 1 is 1.17 bits per heavy atom. The smallest absolute Gasteiger partial charge is 0.343 e. The molecular weight excluding hydrogens is 413 g/mol. The number of thioether (sulfide) groups is 1. The summed E-state index contributed by atoms with van der Waals surface area (Å²) in [4.78, 5) is 14.6. The van der Waals surface area contributed by atoms with Gasteiger partial charge in [0.15, 0.2) is 33.8 Å². The number of hydrogen-bond acceptors (Lipinski definition) is 5. The number of nitrogens with zero attached hydrogens (tertiary/aromatic N) is 5. The van der Waals surface area contributed by atoms with Gasteiger partial charge in [0.2, 0.25) is 0 Å². The van der Waals surface area contributed by atoms with E-state index >= 15 is 0 Å². The number of halogens is 5. The molecule has 1 unspecified atom stereocenters. The van der Waals surface area contributed by atoms with Crippen LogP contribution < -0.4 is 4.90 Å². The monoisotopic (exact) mass is 429 g/mol. The average molecular weight is 429 g/mol. The van der Waals surface area contributed by atoms with Crippen LogP contribution in [0.15, 0.2) is 29.7 Å². The van der Waals surface area contributed by atoms with Gasteiger partial charge in [-0.05, 0) is 24.1 Å². The van der Waals surface area contributed by atoms with Crippen LogP contribution in [0.2, 0.25) is 0 Å². The second kappa shape index (κ2) is 7.43. The molecule has 1 saturated heterocycles. The Balaban J connectivity index is 1.72. The van der Waals surface area contributed by atoms with Crippen molar-refractivity contribution in [2.75, 3.05) is 17.2 Å². The summed E-state index contributed by atoms with van der Waals surface area (Å²) in [6, 6.07) is 3.40. The third-order valence-electron chi connectivity index (χ3n) is 4.42. The van der Waals surface area contributed by atoms with Crippen LogP contribution in [0.1, 0.15) is 24.9 Å². The second-order valence-corrected chi connectivity index (χ2v) is 7.74. The molecule has 4 rings (SSSR count). The van der Waals surface area contributed by atoms with E-state index in [1.165, 1.54) is 17.8 Å². The van der Waals surface area contributed by atoms with E-state index in [-0.39, 0.29) is 17.2 Å². The number of alkyl halides is 3. The van der Waals surface area contributed by atoms with Crippen LogP contribution in [0.25, 0.3) is 11.2 Å². The second-order valence-electron chi connectivity index (χ2n) is 6.68. The fourth-order valence-electron chi connectivity index (χ4n) is 3.06. The van der Waals surface area contributed by atoms with Crippen molar-refractivity contribution >= 4 is 28.7 Å². The Hall–Kier alpha value is -2.43. The Morgan fingerprint density at radius 3 is 2.66 bits per heavy atom. The van der Waals surface area contributed by atoms with Crippen molar-refractivity contribution in [2.24, 2.45) is 0 Å². The lowest BCUT2D eigenvalue weighted by Crippen LogP contribution is -2.17. The van der Waals surface area contributed by atoms with Crippen LogP contribution in [0.3, 0.4) is 0 Å². The van der Waals surface area contributed by atoms with E-state index in [0.717, 1.165) is 29.4 Å². The van der Waals surface area contributed by atoms with Crippen molar-refractivity contribution in [3.8, 4) is 0 Å². The number of rotatable bonds is 6. The van der Waals surface area contributed by atoms with E-state index in [1.54, 1.807) is 4.90 Å². The summed E-state index contributed by atoms with van der Waals surface area (Å²) in [5.41, 5.74) is 0.912. The maximum Gasteiger partial charge on any atom is 0.406 e. The number of fused-ring (bicyclic) bond motifs is 1. The molecule has 0 aliphatic carbocycles. The van der Waals surface area contributed by atoms with Crippen LogP contribution in [-0.2, 0) is 6.54 Å². The summed E-state index contributed by atoms with van der Waals surface area (Å²) in [5, 5.41) is 0.356. The van der Waals surface area contributed by atoms with Crippen molar-refractivity contribution in [1.29, 1.82) is 0 Å². The Bertz CT molecular complexity index is 1050. The summed E-state index contributed by atoms with van der Waals surface area (Å²) in [5.74, 6) is -0.778. The summed E-state index contributed by atoms with van der Waals surface area (Å²) in [6.45, 7) is 1.25. The highest BCUT2D eigenvalue weighted by Gasteiger charge is 2.39. The molecule has 1 aromatic carbocycles. The summed E-state index contributed by atoms with van der Waals surface area (Å²) in [6.07, 6.45) is -2.46. The molecule has 3 heterocycles. The van der Waals surface area contributed by atoms with Gasteiger partial charge in [0.25, 0.3) is 0 Å². The first-order valence-electron chi connectivity index (χ1n) is 8.91. The highest BCUT2D eigenvalue weighted by atomic mass is 32.2. The van der Waals surface area contributed by atoms with Crippen LogP contribution in [0.4, 0.5) is 27.8 Å². The lowest BCUT2D eigenvalue weighted by molar-refractivity contribution is -0.140. The quantitative estimate of drug-likeness (QED) is 0.245. The van der Waals surface area contributed by atoms with E-state index < -0.39 is 24.4 Å². The SMILES string of the molecule is CCCSc1nc(N2CC2c2ccc(F)c(F)c2)c2ncn(CC(F)(F)F)c2n1. The summed E-state index contributed by atoms with van der Waals surface area (Å²) >= 11 is 1.35. The number of hydrogen-bond donors (Lipinski definition) is 0. The molecule has 0 bridgehead atoms. The zero-order valence-electron chi connectivity index (χ0n) is 15.2. The molecule has 1 aliphatic heterocycles. The number of benzene rings is 1. The van der Waals surface area contributed by atoms with E-state index in [9.17, 15) is 22.0 Å². The fraction of sp³-hybridized carbons (Fsp3) is 0.389. The van der Waals surface area contributed by atoms with Gasteiger partial charge in [-0.15, -0.1) is 0 Å². The fourth-order valence-corrected chi connectivity index (χ4v) is 3.74. The van der Waals surface area contributed by atoms with E-state index in [1.807, 2.05) is 6.92 Å². The lowest BCUT2D eigenvalue weighted by Gasteiger charge is -2.11. The van der Waals surface area contributed by atoms with Gasteiger partial charge in [0.1, 0.15) is 6.54 Å². The van der Waals surface area contributed by atoms with Crippen LogP contribution in [-0.4, -0.2) is 38.0 Å². The van der Waals surface area contributed by atoms with Gasteiger partial charge in [-0.1, -0.05) is 24.8 Å². The molecule has 0 N–H and O–H groups in total. The molecule has 0 spiro atoms. The largest absolute Gasteiger partial charge is 0.406 e.